The van der Waals surface area contributed by atoms with Crippen LogP contribution in [0.15, 0.2) is 11.4 Å². The molecule has 0 aromatic carbocycles. The van der Waals surface area contributed by atoms with Gasteiger partial charge in [-0.15, -0.1) is 0 Å². The quantitative estimate of drug-likeness (QED) is 0.566. The minimum atomic E-state index is -5.73. The number of hydrogen-bond donors (Lipinski definition) is 0. The van der Waals surface area contributed by atoms with Crippen LogP contribution in [0.5, 0.6) is 0 Å². The fourth-order valence-electron chi connectivity index (χ4n) is 1.59. The molecule has 0 saturated carbocycles. The maximum Gasteiger partial charge on any atom is 0.382 e. The molecule has 0 spiro atoms. The monoisotopic (exact) mass is 250 g/mol. The topological polar surface area (TPSA) is 0 Å². The van der Waals surface area contributed by atoms with Gasteiger partial charge in [-0.05, 0) is 5.41 Å². The second-order valence-corrected chi connectivity index (χ2v) is 4.66. The van der Waals surface area contributed by atoms with Gasteiger partial charge in [0.1, 0.15) is 0 Å². The van der Waals surface area contributed by atoms with Gasteiger partial charge >= 0.3 is 17.8 Å². The zero-order valence-corrected chi connectivity index (χ0v) is 8.65. The van der Waals surface area contributed by atoms with E-state index in [-0.39, 0.29) is 0 Å². The number of allylic oxidation sites excluding steroid dienone is 2. The van der Waals surface area contributed by atoms with Gasteiger partial charge in [-0.2, -0.15) is 26.3 Å². The molecule has 0 aromatic heterocycles. The fourth-order valence-corrected chi connectivity index (χ4v) is 1.59. The lowest BCUT2D eigenvalue weighted by Crippen LogP contribution is -2.50. The predicted octanol–water partition coefficient (Wildman–Crippen LogP) is 4.18. The van der Waals surface area contributed by atoms with Gasteiger partial charge in [-0.1, -0.05) is 20.8 Å². The van der Waals surface area contributed by atoms with Crippen molar-refractivity contribution in [2.75, 3.05) is 0 Å². The molecule has 0 N–H and O–H groups in total. The Kier molecular flexibility index (Phi) is 2.43. The van der Waals surface area contributed by atoms with E-state index in [1.54, 1.807) is 0 Å². The van der Waals surface area contributed by atoms with Crippen molar-refractivity contribution in [1.29, 1.82) is 0 Å². The van der Waals surface area contributed by atoms with Crippen LogP contribution in [0.4, 0.5) is 30.7 Å². The minimum absolute atomic E-state index is 0.966. The van der Waals surface area contributed by atoms with Crippen LogP contribution in [0.2, 0.25) is 0 Å². The average Bonchev–Trinajstić information content (AvgIpc) is 2.06. The number of alkyl halides is 6. The van der Waals surface area contributed by atoms with E-state index in [0.717, 1.165) is 20.8 Å². The normalized spacial score (nSPS) is 27.4. The Morgan fingerprint density at radius 3 is 1.31 bits per heavy atom. The SMILES string of the molecule is CC(C)(C)C1=C(F)C(F)(F)C(F)(F)C1(F)F. The molecular formula is C9H9F7. The Morgan fingerprint density at radius 1 is 0.812 bits per heavy atom. The summed E-state index contributed by atoms with van der Waals surface area (Å²) in [4.78, 5) is 0. The Morgan fingerprint density at radius 2 is 1.19 bits per heavy atom. The molecule has 16 heavy (non-hydrogen) atoms. The summed E-state index contributed by atoms with van der Waals surface area (Å²) >= 11 is 0. The van der Waals surface area contributed by atoms with Gasteiger partial charge in [-0.25, -0.2) is 4.39 Å². The molecule has 7 heteroatoms. The van der Waals surface area contributed by atoms with Crippen LogP contribution < -0.4 is 0 Å². The molecule has 1 aliphatic rings. The predicted molar refractivity (Wildman–Crippen MR) is 42.4 cm³/mol. The summed E-state index contributed by atoms with van der Waals surface area (Å²) in [6.07, 6.45) is 0. The summed E-state index contributed by atoms with van der Waals surface area (Å²) in [5.74, 6) is -19.1. The summed E-state index contributed by atoms with van der Waals surface area (Å²) in [6.45, 7) is 2.90. The van der Waals surface area contributed by atoms with Gasteiger partial charge in [0, 0.05) is 5.57 Å². The zero-order chi connectivity index (χ0) is 13.2. The third-order valence-electron chi connectivity index (χ3n) is 2.35. The maximum atomic E-state index is 13.1. The third kappa shape index (κ3) is 1.29. The number of hydrogen-bond acceptors (Lipinski definition) is 0. The molecule has 1 aliphatic carbocycles. The second-order valence-electron chi connectivity index (χ2n) is 4.66. The Bertz CT molecular complexity index is 345. The molecule has 0 heterocycles. The van der Waals surface area contributed by atoms with Crippen molar-refractivity contribution in [3.05, 3.63) is 11.4 Å². The van der Waals surface area contributed by atoms with Crippen molar-refractivity contribution in [2.24, 2.45) is 5.41 Å². The highest BCUT2D eigenvalue weighted by Gasteiger charge is 2.82. The lowest BCUT2D eigenvalue weighted by Gasteiger charge is -2.29. The third-order valence-corrected chi connectivity index (χ3v) is 2.35. The second kappa shape index (κ2) is 2.92. The summed E-state index contributed by atoms with van der Waals surface area (Å²) in [6, 6.07) is 0. The molecule has 0 aliphatic heterocycles. The Hall–Kier alpha value is -0.750. The lowest BCUT2D eigenvalue weighted by atomic mass is 9.83. The average molecular weight is 250 g/mol. The Labute approximate surface area is 87.1 Å². The molecule has 0 amide bonds. The summed E-state index contributed by atoms with van der Waals surface area (Å²) in [5, 5.41) is 0. The van der Waals surface area contributed by atoms with E-state index in [4.69, 9.17) is 0 Å². The van der Waals surface area contributed by atoms with Crippen LogP contribution in [-0.4, -0.2) is 17.8 Å². The van der Waals surface area contributed by atoms with E-state index in [1.807, 2.05) is 0 Å². The van der Waals surface area contributed by atoms with E-state index in [9.17, 15) is 30.7 Å². The van der Waals surface area contributed by atoms with Crippen LogP contribution in [0, 0.1) is 5.41 Å². The van der Waals surface area contributed by atoms with E-state index in [2.05, 4.69) is 0 Å². The largest absolute Gasteiger partial charge is 0.382 e. The number of halogens is 7. The highest BCUT2D eigenvalue weighted by atomic mass is 19.3. The standard InChI is InChI=1S/C9H9F7/c1-6(2,3)4-5(10)8(13,14)9(15,16)7(4,11)12/h1-3H3. The fraction of sp³-hybridized carbons (Fsp3) is 0.778. The van der Waals surface area contributed by atoms with E-state index in [1.165, 1.54) is 0 Å². The summed E-state index contributed by atoms with van der Waals surface area (Å²) in [5.41, 5.74) is -3.65. The van der Waals surface area contributed by atoms with Crippen molar-refractivity contribution in [2.45, 2.75) is 38.5 Å². The summed E-state index contributed by atoms with van der Waals surface area (Å²) in [7, 11) is 0. The van der Waals surface area contributed by atoms with Crippen molar-refractivity contribution in [1.82, 2.24) is 0 Å². The molecule has 0 atom stereocenters. The molecule has 0 aromatic rings. The molecule has 0 radical (unpaired) electrons. The Balaban J connectivity index is 3.55. The van der Waals surface area contributed by atoms with Gasteiger partial charge < -0.3 is 0 Å². The van der Waals surface area contributed by atoms with Gasteiger partial charge in [0.15, 0.2) is 5.83 Å². The smallest absolute Gasteiger partial charge is 0.205 e. The van der Waals surface area contributed by atoms with Crippen LogP contribution in [0.25, 0.3) is 0 Å². The first-order valence-electron chi connectivity index (χ1n) is 4.32. The van der Waals surface area contributed by atoms with Gasteiger partial charge in [0.05, 0.1) is 0 Å². The van der Waals surface area contributed by atoms with Crippen LogP contribution in [0.3, 0.4) is 0 Å². The van der Waals surface area contributed by atoms with Gasteiger partial charge in [0.2, 0.25) is 0 Å². The molecule has 0 unspecified atom stereocenters. The maximum absolute atomic E-state index is 13.1. The first-order valence-corrected chi connectivity index (χ1v) is 4.32. The van der Waals surface area contributed by atoms with E-state index in [0.29, 0.717) is 0 Å². The van der Waals surface area contributed by atoms with Crippen molar-refractivity contribution in [3.8, 4) is 0 Å². The van der Waals surface area contributed by atoms with E-state index < -0.39 is 34.6 Å². The van der Waals surface area contributed by atoms with E-state index >= 15 is 0 Å². The first-order chi connectivity index (χ1) is 6.78. The van der Waals surface area contributed by atoms with Crippen LogP contribution >= 0.6 is 0 Å². The van der Waals surface area contributed by atoms with Crippen LogP contribution in [-0.2, 0) is 0 Å². The molecule has 0 fully saturated rings. The molecule has 94 valence electrons. The number of rotatable bonds is 0. The molecule has 0 saturated heterocycles. The highest BCUT2D eigenvalue weighted by molar-refractivity contribution is 5.40. The van der Waals surface area contributed by atoms with Crippen molar-refractivity contribution in [3.63, 3.8) is 0 Å². The molecular weight excluding hydrogens is 241 g/mol. The highest BCUT2D eigenvalue weighted by Crippen LogP contribution is 2.62. The lowest BCUT2D eigenvalue weighted by molar-refractivity contribution is -0.270. The van der Waals surface area contributed by atoms with Gasteiger partial charge in [0.25, 0.3) is 0 Å². The van der Waals surface area contributed by atoms with Crippen LogP contribution in [0.1, 0.15) is 20.8 Å². The molecule has 0 nitrogen and oxygen atoms in total. The van der Waals surface area contributed by atoms with Crippen molar-refractivity contribution >= 4 is 0 Å². The van der Waals surface area contributed by atoms with Crippen molar-refractivity contribution < 1.29 is 30.7 Å². The summed E-state index contributed by atoms with van der Waals surface area (Å²) < 4.78 is 90.2. The van der Waals surface area contributed by atoms with Gasteiger partial charge in [-0.3, -0.25) is 0 Å². The molecule has 0 bridgehead atoms. The molecule has 1 rings (SSSR count). The zero-order valence-electron chi connectivity index (χ0n) is 8.65. The first kappa shape index (κ1) is 13.3. The minimum Gasteiger partial charge on any atom is -0.205 e.